The highest BCUT2D eigenvalue weighted by atomic mass is 16.5. The second-order valence-electron chi connectivity index (χ2n) is 11.3. The summed E-state index contributed by atoms with van der Waals surface area (Å²) in [5.41, 5.74) is 5.01. The molecule has 3 aromatic rings. The molecule has 0 radical (unpaired) electrons. The van der Waals surface area contributed by atoms with Gasteiger partial charge >= 0.3 is 0 Å². The van der Waals surface area contributed by atoms with E-state index in [1.165, 1.54) is 0 Å². The number of ether oxygens (including phenoxy) is 1. The van der Waals surface area contributed by atoms with E-state index in [9.17, 15) is 14.7 Å². The Bertz CT molecular complexity index is 1400. The molecule has 1 heterocycles. The van der Waals surface area contributed by atoms with Gasteiger partial charge in [0.1, 0.15) is 11.5 Å². The number of amides is 1. The molecule has 1 aliphatic heterocycles. The number of aliphatic hydroxyl groups is 1. The van der Waals surface area contributed by atoms with Crippen LogP contribution in [0.1, 0.15) is 61.6 Å². The van der Waals surface area contributed by atoms with Crippen molar-refractivity contribution in [3.05, 3.63) is 100 Å². The van der Waals surface area contributed by atoms with E-state index in [4.69, 9.17) is 4.74 Å². The van der Waals surface area contributed by atoms with Crippen molar-refractivity contribution in [3.8, 4) is 5.75 Å². The summed E-state index contributed by atoms with van der Waals surface area (Å²) in [6, 6.07) is 20.4. The Hall–Kier alpha value is -4.06. The summed E-state index contributed by atoms with van der Waals surface area (Å²) in [6.45, 7) is 10.9. The number of carbonyl (C=O) groups excluding carboxylic acids is 2. The van der Waals surface area contributed by atoms with E-state index in [0.717, 1.165) is 33.7 Å². The van der Waals surface area contributed by atoms with Gasteiger partial charge in [-0.15, -0.1) is 0 Å². The van der Waals surface area contributed by atoms with Crippen LogP contribution in [0.2, 0.25) is 0 Å². The van der Waals surface area contributed by atoms with E-state index in [2.05, 4.69) is 20.8 Å². The van der Waals surface area contributed by atoms with Crippen molar-refractivity contribution in [2.45, 2.75) is 52.6 Å². The first kappa shape index (κ1) is 28.0. The zero-order valence-corrected chi connectivity index (χ0v) is 23.9. The van der Waals surface area contributed by atoms with Crippen LogP contribution in [-0.2, 0) is 21.5 Å². The van der Waals surface area contributed by atoms with Crippen molar-refractivity contribution in [2.24, 2.45) is 0 Å². The van der Waals surface area contributed by atoms with Crippen LogP contribution in [0.15, 0.2) is 72.3 Å². The Morgan fingerprint density at radius 2 is 1.62 bits per heavy atom. The van der Waals surface area contributed by atoms with E-state index >= 15 is 0 Å². The number of anilines is 1. The summed E-state index contributed by atoms with van der Waals surface area (Å²) in [6.07, 6.45) is 0. The predicted octanol–water partition coefficient (Wildman–Crippen LogP) is 6.38. The van der Waals surface area contributed by atoms with Crippen LogP contribution in [-0.4, -0.2) is 42.4 Å². The standard InChI is InChI=1S/C33H38N2O4/c1-8-39-26-17-10-22(11-18-26)20-35-29(23-12-15-25(16-13-23)34(6)7)28(31(37)32(35)38)30(36)27-19-24(33(3,4)5)14-9-21(27)2/h9-19,29,36H,8,20H2,1-7H3/b30-28+. The van der Waals surface area contributed by atoms with Gasteiger partial charge in [0.2, 0.25) is 0 Å². The Labute approximate surface area is 231 Å². The van der Waals surface area contributed by atoms with Crippen molar-refractivity contribution in [1.29, 1.82) is 0 Å². The lowest BCUT2D eigenvalue weighted by Crippen LogP contribution is -2.29. The third-order valence-corrected chi connectivity index (χ3v) is 7.21. The minimum Gasteiger partial charge on any atom is -0.507 e. The van der Waals surface area contributed by atoms with Gasteiger partial charge in [0, 0.05) is 31.9 Å². The average Bonchev–Trinajstić information content (AvgIpc) is 3.14. The lowest BCUT2D eigenvalue weighted by Gasteiger charge is -2.26. The van der Waals surface area contributed by atoms with Crippen LogP contribution in [0.3, 0.4) is 0 Å². The first-order valence-corrected chi connectivity index (χ1v) is 13.3. The molecule has 6 heteroatoms. The molecule has 0 saturated carbocycles. The number of ketones is 1. The smallest absolute Gasteiger partial charge is 0.295 e. The van der Waals surface area contributed by atoms with E-state index in [1.807, 2.05) is 99.6 Å². The Morgan fingerprint density at radius 3 is 2.18 bits per heavy atom. The highest BCUT2D eigenvalue weighted by molar-refractivity contribution is 6.46. The number of Topliss-reactive ketones (excluding diaryl/α,β-unsaturated/α-hetero) is 1. The molecule has 3 aromatic carbocycles. The fraction of sp³-hybridized carbons (Fsp3) is 0.333. The van der Waals surface area contributed by atoms with Gasteiger partial charge in [-0.25, -0.2) is 0 Å². The van der Waals surface area contributed by atoms with Gasteiger partial charge in [-0.2, -0.15) is 0 Å². The molecule has 39 heavy (non-hydrogen) atoms. The zero-order chi connectivity index (χ0) is 28.5. The number of aryl methyl sites for hydroxylation is 1. The molecule has 1 atom stereocenters. The summed E-state index contributed by atoms with van der Waals surface area (Å²) >= 11 is 0. The van der Waals surface area contributed by atoms with Crippen molar-refractivity contribution >= 4 is 23.1 Å². The summed E-state index contributed by atoms with van der Waals surface area (Å²) in [5, 5.41) is 11.7. The topological polar surface area (TPSA) is 70.1 Å². The van der Waals surface area contributed by atoms with Gasteiger partial charge in [0.05, 0.1) is 18.2 Å². The molecule has 0 aliphatic carbocycles. The van der Waals surface area contributed by atoms with Crippen molar-refractivity contribution < 1.29 is 19.4 Å². The molecule has 0 bridgehead atoms. The third-order valence-electron chi connectivity index (χ3n) is 7.21. The van der Waals surface area contributed by atoms with Gasteiger partial charge in [-0.05, 0) is 71.8 Å². The number of likely N-dealkylation sites (tertiary alicyclic amines) is 1. The van der Waals surface area contributed by atoms with Crippen LogP contribution < -0.4 is 9.64 Å². The number of carbonyl (C=O) groups is 2. The number of hydrogen-bond acceptors (Lipinski definition) is 5. The maximum absolute atomic E-state index is 13.6. The third kappa shape index (κ3) is 5.70. The van der Waals surface area contributed by atoms with Crippen LogP contribution in [0.4, 0.5) is 5.69 Å². The number of nitrogens with zero attached hydrogens (tertiary/aromatic N) is 2. The van der Waals surface area contributed by atoms with Crippen LogP contribution in [0.25, 0.3) is 5.76 Å². The molecule has 4 rings (SSSR count). The number of aliphatic hydroxyl groups excluding tert-OH is 1. The maximum atomic E-state index is 13.6. The second-order valence-corrected chi connectivity index (χ2v) is 11.3. The minimum absolute atomic E-state index is 0.109. The largest absolute Gasteiger partial charge is 0.507 e. The molecule has 6 nitrogen and oxygen atoms in total. The fourth-order valence-electron chi connectivity index (χ4n) is 4.89. The van der Waals surface area contributed by atoms with E-state index in [0.29, 0.717) is 12.2 Å². The first-order valence-electron chi connectivity index (χ1n) is 13.3. The quantitative estimate of drug-likeness (QED) is 0.220. The summed E-state index contributed by atoms with van der Waals surface area (Å²) < 4.78 is 5.55. The molecular formula is C33H38N2O4. The molecule has 1 amide bonds. The molecule has 1 N–H and O–H groups in total. The van der Waals surface area contributed by atoms with Gasteiger partial charge in [-0.1, -0.05) is 57.2 Å². The number of hydrogen-bond donors (Lipinski definition) is 1. The van der Waals surface area contributed by atoms with E-state index in [1.54, 1.807) is 4.90 Å². The van der Waals surface area contributed by atoms with Gasteiger partial charge in [0.25, 0.3) is 11.7 Å². The molecule has 1 fully saturated rings. The van der Waals surface area contributed by atoms with Crippen LogP contribution >= 0.6 is 0 Å². The highest BCUT2D eigenvalue weighted by Gasteiger charge is 2.46. The van der Waals surface area contributed by atoms with Gasteiger partial charge in [-0.3, -0.25) is 9.59 Å². The molecule has 1 aliphatic rings. The molecule has 0 spiro atoms. The van der Waals surface area contributed by atoms with Crippen LogP contribution in [0, 0.1) is 6.92 Å². The Kier molecular flexibility index (Phi) is 7.86. The lowest BCUT2D eigenvalue weighted by atomic mass is 9.84. The van der Waals surface area contributed by atoms with E-state index in [-0.39, 0.29) is 23.3 Å². The predicted molar refractivity (Wildman–Crippen MR) is 156 cm³/mol. The van der Waals surface area contributed by atoms with Crippen molar-refractivity contribution in [2.75, 3.05) is 25.6 Å². The molecule has 1 saturated heterocycles. The molecule has 1 unspecified atom stereocenters. The summed E-state index contributed by atoms with van der Waals surface area (Å²) in [4.78, 5) is 30.6. The Balaban J connectivity index is 1.86. The number of benzene rings is 3. The van der Waals surface area contributed by atoms with Crippen molar-refractivity contribution in [3.63, 3.8) is 0 Å². The monoisotopic (exact) mass is 526 g/mol. The molecular weight excluding hydrogens is 488 g/mol. The van der Waals surface area contributed by atoms with Crippen molar-refractivity contribution in [1.82, 2.24) is 4.90 Å². The molecule has 0 aromatic heterocycles. The number of rotatable bonds is 7. The maximum Gasteiger partial charge on any atom is 0.295 e. The van der Waals surface area contributed by atoms with Gasteiger partial charge < -0.3 is 19.6 Å². The highest BCUT2D eigenvalue weighted by Crippen LogP contribution is 2.41. The second kappa shape index (κ2) is 11.0. The summed E-state index contributed by atoms with van der Waals surface area (Å²) in [7, 11) is 3.91. The van der Waals surface area contributed by atoms with E-state index < -0.39 is 17.7 Å². The zero-order valence-electron chi connectivity index (χ0n) is 23.9. The SMILES string of the molecule is CCOc1ccc(CN2C(=O)C(=O)/C(=C(/O)c3cc(C(C)(C)C)ccc3C)C2c2ccc(N(C)C)cc2)cc1. The van der Waals surface area contributed by atoms with Crippen LogP contribution in [0.5, 0.6) is 5.75 Å². The first-order chi connectivity index (χ1) is 18.4. The summed E-state index contributed by atoms with van der Waals surface area (Å²) in [5.74, 6) is -0.710. The lowest BCUT2D eigenvalue weighted by molar-refractivity contribution is -0.140. The normalized spacial score (nSPS) is 17.0. The minimum atomic E-state index is -0.731. The Morgan fingerprint density at radius 1 is 0.974 bits per heavy atom. The average molecular weight is 527 g/mol. The molecule has 204 valence electrons. The fourth-order valence-corrected chi connectivity index (χ4v) is 4.89. The van der Waals surface area contributed by atoms with Gasteiger partial charge in [0.15, 0.2) is 0 Å².